The third-order valence-corrected chi connectivity index (χ3v) is 13.1. The molecule has 1 aliphatic rings. The molecule has 3 aromatic carbocycles. The number of aromatic nitrogens is 6. The summed E-state index contributed by atoms with van der Waals surface area (Å²) in [5.41, 5.74) is 17.7. The average molecular weight is 1160 g/mol. The normalized spacial score (nSPS) is 12.1. The van der Waals surface area contributed by atoms with Crippen LogP contribution >= 0.6 is 0 Å². The summed E-state index contributed by atoms with van der Waals surface area (Å²) in [4.78, 5) is 31.9. The molecule has 0 saturated heterocycles. The Morgan fingerprint density at radius 1 is 0.616 bits per heavy atom. The fourth-order valence-corrected chi connectivity index (χ4v) is 8.57. The van der Waals surface area contributed by atoms with Gasteiger partial charge in [-0.15, -0.1) is 35.4 Å². The molecule has 0 atom stereocenters. The monoisotopic (exact) mass is 1160 g/mol. The van der Waals surface area contributed by atoms with Gasteiger partial charge in [0.25, 0.3) is 6.33 Å². The Morgan fingerprint density at radius 3 is 1.55 bits per heavy atom. The third-order valence-electron chi connectivity index (χ3n) is 13.1. The molecule has 12 heteroatoms. The molecule has 1 N–H and O–H groups in total. The summed E-state index contributed by atoms with van der Waals surface area (Å²) < 4.78 is 19.4. The number of hydrogen-bond acceptors (Lipinski definition) is 10. The first-order valence-electron chi connectivity index (χ1n) is 24.1. The number of carbonyl (C=O) groups excluding carboxylic acids is 1. The van der Waals surface area contributed by atoms with Crippen molar-refractivity contribution in [3.8, 4) is 33.8 Å². The smallest absolute Gasteiger partial charge is 0.345 e. The van der Waals surface area contributed by atoms with Gasteiger partial charge in [-0.3, -0.25) is 9.78 Å². The van der Waals surface area contributed by atoms with Gasteiger partial charge in [-0.1, -0.05) is 106 Å². The van der Waals surface area contributed by atoms with Gasteiger partial charge in [-0.05, 0) is 99.4 Å². The van der Waals surface area contributed by atoms with Gasteiger partial charge in [0.15, 0.2) is 11.5 Å². The van der Waals surface area contributed by atoms with Crippen molar-refractivity contribution in [3.63, 3.8) is 0 Å². The Labute approximate surface area is 445 Å². The van der Waals surface area contributed by atoms with E-state index in [4.69, 9.17) is 18.4 Å². The van der Waals surface area contributed by atoms with Crippen molar-refractivity contribution in [2.75, 3.05) is 0 Å². The van der Waals surface area contributed by atoms with Crippen molar-refractivity contribution >= 4 is 39.1 Å². The van der Waals surface area contributed by atoms with E-state index in [9.17, 15) is 4.79 Å². The maximum atomic E-state index is 10.0. The zero-order valence-electron chi connectivity index (χ0n) is 44.9. The number of rotatable bonds is 3. The van der Waals surface area contributed by atoms with Gasteiger partial charge in [0.2, 0.25) is 11.4 Å². The summed E-state index contributed by atoms with van der Waals surface area (Å²) in [6, 6.07) is 25.1. The Bertz CT molecular complexity index is 3310. The van der Waals surface area contributed by atoms with Gasteiger partial charge in [-0.2, -0.15) is 0 Å². The number of fused-ring (bicyclic) bond motifs is 7. The van der Waals surface area contributed by atoms with Crippen LogP contribution in [0.4, 0.5) is 0 Å². The number of aliphatic hydroxyl groups excluding tert-OH is 1. The van der Waals surface area contributed by atoms with E-state index in [-0.39, 0.29) is 55.3 Å². The van der Waals surface area contributed by atoms with Gasteiger partial charge < -0.3 is 18.4 Å². The summed E-state index contributed by atoms with van der Waals surface area (Å²) in [6.45, 7) is 35.9. The number of aliphatic hydroxyl groups is 1. The van der Waals surface area contributed by atoms with E-state index in [0.29, 0.717) is 11.4 Å². The number of benzene rings is 3. The van der Waals surface area contributed by atoms with E-state index < -0.39 is 0 Å². The SMILES string of the molecule is C.CC(=O)C=C(C)O.Cc1oc2nc[n+]3c(c2c1C)-c1ccc(C(C)(C)C)cc1C3.Cc1oc2ncnc(-c3[c-]cc(C(C)(C)C)cc3)c2c1C.Cc1oc2ncnc(-c3ccc(C(C)(C)C)cc3)c2c1C.[Ir]. The molecule has 9 aromatic rings. The summed E-state index contributed by atoms with van der Waals surface area (Å²) in [7, 11) is 0. The van der Waals surface area contributed by atoms with Crippen molar-refractivity contribution in [2.45, 2.75) is 148 Å². The van der Waals surface area contributed by atoms with Crippen LogP contribution in [0.15, 0.2) is 105 Å². The third kappa shape index (κ3) is 12.4. The zero-order chi connectivity index (χ0) is 51.9. The molecule has 0 amide bonds. The fourth-order valence-electron chi connectivity index (χ4n) is 8.57. The van der Waals surface area contributed by atoms with Gasteiger partial charge in [0, 0.05) is 65.1 Å². The van der Waals surface area contributed by atoms with Gasteiger partial charge in [0.1, 0.15) is 41.9 Å². The molecule has 1 aliphatic heterocycles. The summed E-state index contributed by atoms with van der Waals surface area (Å²) in [5.74, 6) is 2.68. The predicted octanol–water partition coefficient (Wildman–Crippen LogP) is 15.1. The first-order chi connectivity index (χ1) is 33.2. The average Bonchev–Trinajstić information content (AvgIpc) is 4.01. The van der Waals surface area contributed by atoms with E-state index in [1.54, 1.807) is 12.7 Å². The van der Waals surface area contributed by atoms with Crippen LogP contribution in [-0.2, 0) is 47.7 Å². The summed E-state index contributed by atoms with van der Waals surface area (Å²) in [6.07, 6.45) is 6.18. The van der Waals surface area contributed by atoms with Crippen molar-refractivity contribution < 1.29 is 47.8 Å². The van der Waals surface area contributed by atoms with Crippen LogP contribution in [0, 0.1) is 47.6 Å². The molecule has 6 aromatic heterocycles. The molecule has 1 radical (unpaired) electrons. The van der Waals surface area contributed by atoms with Crippen molar-refractivity contribution in [1.29, 1.82) is 0 Å². The molecule has 0 aliphatic carbocycles. The minimum absolute atomic E-state index is 0. The molecule has 0 bridgehead atoms. The number of allylic oxidation sites excluding steroid dienone is 2. The van der Waals surface area contributed by atoms with Gasteiger partial charge in [-0.25, -0.2) is 19.5 Å². The Kier molecular flexibility index (Phi) is 17.5. The van der Waals surface area contributed by atoms with Gasteiger partial charge >= 0.3 is 5.71 Å². The summed E-state index contributed by atoms with van der Waals surface area (Å²) >= 11 is 0. The van der Waals surface area contributed by atoms with E-state index in [2.05, 4.69) is 166 Å². The number of ketones is 1. The molecular weight excluding hydrogens is 1090 g/mol. The molecule has 0 unspecified atom stereocenters. The molecular formula is C61H72IrN6O5. The molecule has 0 fully saturated rings. The molecule has 0 saturated carbocycles. The first kappa shape index (κ1) is 57.3. The molecule has 73 heavy (non-hydrogen) atoms. The second-order valence-electron chi connectivity index (χ2n) is 21.6. The van der Waals surface area contributed by atoms with E-state index >= 15 is 0 Å². The predicted molar refractivity (Wildman–Crippen MR) is 290 cm³/mol. The van der Waals surface area contributed by atoms with Crippen LogP contribution < -0.4 is 4.57 Å². The standard InChI is InChI=1S/C19H21N2O.C18H20N2O.C18H19N2O.C5H8O2.CH4.Ir/c1-11-12(2)22-18-16(11)17-15-7-6-14(19(3,4)5)8-13(15)9-21(17)10-20-18;2*1-11-12(2)21-17-15(11)16(19-10-20-17)13-6-8-14(9-7-13)18(3,4)5;1-4(6)3-5(2)7;;/h6-8,10H,9H2,1-5H3;6-10H,1-5H3;6,8-10H,1-5H3;3,6H,1-2H3;1H4;/q+1;;-1;;;. The second-order valence-corrected chi connectivity index (χ2v) is 21.6. The van der Waals surface area contributed by atoms with Gasteiger partial charge in [0.05, 0.1) is 16.8 Å². The fraction of sp³-hybridized carbons (Fsp3) is 0.361. The zero-order valence-corrected chi connectivity index (χ0v) is 47.3. The van der Waals surface area contributed by atoms with Crippen molar-refractivity contribution in [1.82, 2.24) is 24.9 Å². The maximum Gasteiger partial charge on any atom is 0.345 e. The van der Waals surface area contributed by atoms with Crippen molar-refractivity contribution in [3.05, 3.63) is 154 Å². The molecule has 385 valence electrons. The van der Waals surface area contributed by atoms with Crippen LogP contribution in [0.5, 0.6) is 0 Å². The van der Waals surface area contributed by atoms with E-state index in [1.807, 2.05) is 40.1 Å². The number of hydrogen-bond donors (Lipinski definition) is 1. The van der Waals surface area contributed by atoms with Crippen LogP contribution in [0.25, 0.3) is 67.1 Å². The minimum Gasteiger partial charge on any atom is -0.512 e. The van der Waals surface area contributed by atoms with E-state index in [1.165, 1.54) is 59.0 Å². The molecule has 10 rings (SSSR count). The number of carbonyl (C=O) groups is 1. The number of furan rings is 3. The largest absolute Gasteiger partial charge is 0.512 e. The van der Waals surface area contributed by atoms with Crippen LogP contribution in [0.1, 0.15) is 140 Å². The topological polar surface area (TPSA) is 145 Å². The Hall–Kier alpha value is -6.62. The molecule has 7 heterocycles. The minimum atomic E-state index is -0.125. The molecule has 0 spiro atoms. The summed E-state index contributed by atoms with van der Waals surface area (Å²) in [5, 5.41) is 11.5. The Balaban J connectivity index is 0.000000188. The second kappa shape index (κ2) is 22.2. The number of nitrogens with zero attached hydrogens (tertiary/aromatic N) is 6. The van der Waals surface area contributed by atoms with Crippen LogP contribution in [0.3, 0.4) is 0 Å². The van der Waals surface area contributed by atoms with Crippen molar-refractivity contribution in [2.24, 2.45) is 0 Å². The van der Waals surface area contributed by atoms with Crippen LogP contribution in [0.2, 0.25) is 0 Å². The van der Waals surface area contributed by atoms with E-state index in [0.717, 1.165) is 79.3 Å². The molecule has 11 nitrogen and oxygen atoms in total. The number of aryl methyl sites for hydroxylation is 6. The first-order valence-corrected chi connectivity index (χ1v) is 24.1. The Morgan fingerprint density at radius 2 is 1.08 bits per heavy atom. The quantitative estimate of drug-likeness (QED) is 0.0785. The van der Waals surface area contributed by atoms with Crippen LogP contribution in [-0.4, -0.2) is 35.8 Å². The maximum absolute atomic E-state index is 10.0.